The normalized spacial score (nSPS) is 18.5. The van der Waals surface area contributed by atoms with Crippen molar-refractivity contribution in [2.24, 2.45) is 4.99 Å². The highest BCUT2D eigenvalue weighted by atomic mass is 127. The van der Waals surface area contributed by atoms with Gasteiger partial charge in [0.25, 0.3) is 0 Å². The summed E-state index contributed by atoms with van der Waals surface area (Å²) in [5.74, 6) is 0.885. The molecule has 0 aromatic heterocycles. The molecule has 0 bridgehead atoms. The SMILES string of the molecule is CN=C(NCCCOC)NCC1CCCCN1Cc1ccccc1.I. The van der Waals surface area contributed by atoms with Gasteiger partial charge < -0.3 is 15.4 Å². The van der Waals surface area contributed by atoms with Crippen molar-refractivity contribution in [3.63, 3.8) is 0 Å². The third-order valence-electron chi connectivity index (χ3n) is 4.52. The minimum absolute atomic E-state index is 0. The molecule has 1 heterocycles. The summed E-state index contributed by atoms with van der Waals surface area (Å²) < 4.78 is 5.08. The third kappa shape index (κ3) is 8.37. The predicted octanol–water partition coefficient (Wildman–Crippen LogP) is 2.86. The maximum Gasteiger partial charge on any atom is 0.191 e. The maximum atomic E-state index is 5.08. The van der Waals surface area contributed by atoms with Gasteiger partial charge in [-0.3, -0.25) is 9.89 Å². The number of hydrogen-bond acceptors (Lipinski definition) is 3. The summed E-state index contributed by atoms with van der Waals surface area (Å²) in [5, 5.41) is 6.84. The fraction of sp³-hybridized carbons (Fsp3) is 0.632. The van der Waals surface area contributed by atoms with Crippen LogP contribution in [0.2, 0.25) is 0 Å². The highest BCUT2D eigenvalue weighted by Gasteiger charge is 2.22. The first-order chi connectivity index (χ1) is 11.8. The maximum absolute atomic E-state index is 5.08. The number of methoxy groups -OCH3 is 1. The standard InChI is InChI=1S/C19H32N4O.HI/c1-20-19(21-12-8-14-24-2)22-15-18-11-6-7-13-23(18)16-17-9-4-3-5-10-17;/h3-5,9-10,18H,6-8,11-16H2,1-2H3,(H2,20,21,22);1H. The van der Waals surface area contributed by atoms with Crippen LogP contribution < -0.4 is 10.6 Å². The number of halogens is 1. The monoisotopic (exact) mass is 460 g/mol. The number of guanidine groups is 1. The van der Waals surface area contributed by atoms with Crippen LogP contribution in [-0.2, 0) is 11.3 Å². The second-order valence-corrected chi connectivity index (χ2v) is 6.33. The van der Waals surface area contributed by atoms with E-state index in [4.69, 9.17) is 4.74 Å². The lowest BCUT2D eigenvalue weighted by Gasteiger charge is -2.36. The number of likely N-dealkylation sites (tertiary alicyclic amines) is 1. The van der Waals surface area contributed by atoms with Crippen LogP contribution in [0.25, 0.3) is 0 Å². The number of nitrogens with one attached hydrogen (secondary N) is 2. The van der Waals surface area contributed by atoms with Crippen LogP contribution in [0.5, 0.6) is 0 Å². The number of rotatable bonds is 8. The van der Waals surface area contributed by atoms with Crippen LogP contribution in [0, 0.1) is 0 Å². The van der Waals surface area contributed by atoms with Gasteiger partial charge in [0.05, 0.1) is 0 Å². The number of nitrogens with zero attached hydrogens (tertiary/aromatic N) is 2. The van der Waals surface area contributed by atoms with E-state index in [1.807, 2.05) is 7.05 Å². The molecular formula is C19H33IN4O. The first-order valence-corrected chi connectivity index (χ1v) is 9.05. The zero-order valence-electron chi connectivity index (χ0n) is 15.5. The van der Waals surface area contributed by atoms with Gasteiger partial charge >= 0.3 is 0 Å². The van der Waals surface area contributed by atoms with E-state index < -0.39 is 0 Å². The van der Waals surface area contributed by atoms with Gasteiger partial charge in [0.15, 0.2) is 5.96 Å². The fourth-order valence-corrected chi connectivity index (χ4v) is 3.18. The van der Waals surface area contributed by atoms with Gasteiger partial charge in [-0.2, -0.15) is 0 Å². The quantitative estimate of drug-likeness (QED) is 0.271. The molecule has 1 aliphatic rings. The predicted molar refractivity (Wildman–Crippen MR) is 116 cm³/mol. The van der Waals surface area contributed by atoms with Crippen molar-refractivity contribution in [1.29, 1.82) is 0 Å². The molecule has 1 unspecified atom stereocenters. The molecule has 2 rings (SSSR count). The van der Waals surface area contributed by atoms with Gasteiger partial charge in [0.1, 0.15) is 0 Å². The van der Waals surface area contributed by atoms with E-state index in [0.717, 1.165) is 38.6 Å². The van der Waals surface area contributed by atoms with E-state index in [2.05, 4.69) is 50.9 Å². The van der Waals surface area contributed by atoms with Crippen molar-refractivity contribution >= 4 is 29.9 Å². The van der Waals surface area contributed by atoms with Gasteiger partial charge in [-0.1, -0.05) is 36.8 Å². The summed E-state index contributed by atoms with van der Waals surface area (Å²) in [5.41, 5.74) is 1.39. The topological polar surface area (TPSA) is 48.9 Å². The largest absolute Gasteiger partial charge is 0.385 e. The van der Waals surface area contributed by atoms with Crippen molar-refractivity contribution in [1.82, 2.24) is 15.5 Å². The number of piperidine rings is 1. The molecule has 0 aliphatic carbocycles. The first-order valence-electron chi connectivity index (χ1n) is 9.05. The van der Waals surface area contributed by atoms with Crippen LogP contribution >= 0.6 is 24.0 Å². The molecule has 1 fully saturated rings. The Bertz CT molecular complexity index is 484. The minimum atomic E-state index is 0. The number of ether oxygens (including phenoxy) is 1. The van der Waals surface area contributed by atoms with E-state index in [9.17, 15) is 0 Å². The van der Waals surface area contributed by atoms with Crippen LogP contribution in [0.1, 0.15) is 31.2 Å². The Morgan fingerprint density at radius 2 is 2.04 bits per heavy atom. The highest BCUT2D eigenvalue weighted by Crippen LogP contribution is 2.19. The second-order valence-electron chi connectivity index (χ2n) is 6.33. The van der Waals surface area contributed by atoms with Crippen molar-refractivity contribution in [2.75, 3.05) is 40.4 Å². The Labute approximate surface area is 169 Å². The summed E-state index contributed by atoms with van der Waals surface area (Å²) in [4.78, 5) is 6.92. The molecule has 1 atom stereocenters. The lowest BCUT2D eigenvalue weighted by Crippen LogP contribution is -2.48. The molecule has 2 N–H and O–H groups in total. The highest BCUT2D eigenvalue weighted by molar-refractivity contribution is 14.0. The van der Waals surface area contributed by atoms with Gasteiger partial charge in [-0.25, -0.2) is 0 Å². The van der Waals surface area contributed by atoms with E-state index in [1.165, 1.54) is 31.4 Å². The van der Waals surface area contributed by atoms with Crippen molar-refractivity contribution < 1.29 is 4.74 Å². The Balaban J connectivity index is 0.00000312. The molecule has 0 radical (unpaired) electrons. The lowest BCUT2D eigenvalue weighted by atomic mass is 10.0. The summed E-state index contributed by atoms with van der Waals surface area (Å²) in [6.45, 7) is 4.81. The summed E-state index contributed by atoms with van der Waals surface area (Å²) in [6.07, 6.45) is 4.85. The van der Waals surface area contributed by atoms with Crippen LogP contribution in [0.3, 0.4) is 0 Å². The van der Waals surface area contributed by atoms with Gasteiger partial charge in [-0.15, -0.1) is 24.0 Å². The molecule has 1 aliphatic heterocycles. The van der Waals surface area contributed by atoms with E-state index in [-0.39, 0.29) is 24.0 Å². The van der Waals surface area contributed by atoms with Crippen molar-refractivity contribution in [3.05, 3.63) is 35.9 Å². The smallest absolute Gasteiger partial charge is 0.191 e. The number of hydrogen-bond donors (Lipinski definition) is 2. The average molecular weight is 460 g/mol. The Morgan fingerprint density at radius 1 is 1.24 bits per heavy atom. The summed E-state index contributed by atoms with van der Waals surface area (Å²) in [7, 11) is 3.56. The molecule has 0 spiro atoms. The third-order valence-corrected chi connectivity index (χ3v) is 4.52. The molecule has 142 valence electrons. The molecule has 1 saturated heterocycles. The average Bonchev–Trinajstić information content (AvgIpc) is 2.63. The van der Waals surface area contributed by atoms with E-state index >= 15 is 0 Å². The van der Waals surface area contributed by atoms with E-state index in [0.29, 0.717) is 6.04 Å². The Kier molecular flexibility index (Phi) is 11.9. The first kappa shape index (κ1) is 22.2. The molecule has 1 aromatic rings. The molecular weight excluding hydrogens is 427 g/mol. The summed E-state index contributed by atoms with van der Waals surface area (Å²) >= 11 is 0. The zero-order valence-corrected chi connectivity index (χ0v) is 17.9. The number of benzene rings is 1. The molecule has 6 heteroatoms. The van der Waals surface area contributed by atoms with Crippen LogP contribution in [0.15, 0.2) is 35.3 Å². The minimum Gasteiger partial charge on any atom is -0.385 e. The van der Waals surface area contributed by atoms with Crippen molar-refractivity contribution in [3.8, 4) is 0 Å². The van der Waals surface area contributed by atoms with Gasteiger partial charge in [0.2, 0.25) is 0 Å². The molecule has 1 aromatic carbocycles. The summed E-state index contributed by atoms with van der Waals surface area (Å²) in [6, 6.07) is 11.3. The van der Waals surface area contributed by atoms with Crippen LogP contribution in [-0.4, -0.2) is 57.3 Å². The van der Waals surface area contributed by atoms with Gasteiger partial charge in [0, 0.05) is 46.4 Å². The molecule has 25 heavy (non-hydrogen) atoms. The molecule has 0 saturated carbocycles. The van der Waals surface area contributed by atoms with Crippen molar-refractivity contribution in [2.45, 2.75) is 38.3 Å². The fourth-order valence-electron chi connectivity index (χ4n) is 3.18. The lowest BCUT2D eigenvalue weighted by molar-refractivity contribution is 0.141. The second kappa shape index (κ2) is 13.4. The molecule has 0 amide bonds. The van der Waals surface area contributed by atoms with E-state index in [1.54, 1.807) is 7.11 Å². The Morgan fingerprint density at radius 3 is 2.76 bits per heavy atom. The van der Waals surface area contributed by atoms with Gasteiger partial charge in [-0.05, 0) is 31.4 Å². The number of aliphatic imine (C=N–C) groups is 1. The zero-order chi connectivity index (χ0) is 17.0. The molecule has 5 nitrogen and oxygen atoms in total. The Hall–Kier alpha value is -0.860. The van der Waals surface area contributed by atoms with Crippen LogP contribution in [0.4, 0.5) is 0 Å².